The Balaban J connectivity index is 2.36. The monoisotopic (exact) mass is 363 g/mol. The molecule has 0 aromatic carbocycles. The molecule has 0 amide bonds. The van der Waals surface area contributed by atoms with E-state index in [0.717, 1.165) is 0 Å². The Labute approximate surface area is 117 Å². The van der Waals surface area contributed by atoms with Crippen LogP contribution in [0.1, 0.15) is 12.8 Å². The van der Waals surface area contributed by atoms with Gasteiger partial charge in [-0.1, -0.05) is 15.9 Å². The second-order valence-corrected chi connectivity index (χ2v) is 9.23. The highest BCUT2D eigenvalue weighted by atomic mass is 79.9. The average molecular weight is 364 g/mol. The number of hydrogen-bond donors (Lipinski definition) is 1. The van der Waals surface area contributed by atoms with Crippen LogP contribution in [-0.2, 0) is 24.6 Å². The van der Waals surface area contributed by atoms with Crippen LogP contribution in [0.2, 0.25) is 0 Å². The molecule has 0 unspecified atom stereocenters. The van der Waals surface area contributed by atoms with Gasteiger partial charge in [0.05, 0.1) is 30.0 Å². The van der Waals surface area contributed by atoms with Gasteiger partial charge < -0.3 is 4.74 Å². The number of rotatable bonds is 7. The number of ether oxygens (including phenoxy) is 1. The molecule has 0 atom stereocenters. The summed E-state index contributed by atoms with van der Waals surface area (Å²) in [6, 6.07) is 0. The minimum Gasteiger partial charge on any atom is -0.379 e. The fraction of sp³-hybridized carbons (Fsp3) is 1.00. The number of hydrogen-bond acceptors (Lipinski definition) is 5. The first-order valence-corrected chi connectivity index (χ1v) is 10.2. The molecule has 0 aromatic rings. The van der Waals surface area contributed by atoms with Crippen LogP contribution in [0.15, 0.2) is 0 Å². The lowest BCUT2D eigenvalue weighted by atomic mass is 10.2. The summed E-state index contributed by atoms with van der Waals surface area (Å²) in [6.07, 6.45) is 0.361. The molecule has 0 bridgehead atoms. The number of halogens is 1. The van der Waals surface area contributed by atoms with E-state index < -0.39 is 25.1 Å². The second kappa shape index (κ2) is 7.18. The van der Waals surface area contributed by atoms with E-state index in [0.29, 0.717) is 18.5 Å². The molecule has 1 N–H and O–H groups in total. The van der Waals surface area contributed by atoms with E-state index in [-0.39, 0.29) is 30.9 Å². The van der Waals surface area contributed by atoms with Gasteiger partial charge in [0.15, 0.2) is 0 Å². The van der Waals surface area contributed by atoms with E-state index in [9.17, 15) is 16.8 Å². The summed E-state index contributed by atoms with van der Waals surface area (Å²) in [5.74, 6) is -0.0860. The van der Waals surface area contributed by atoms with Crippen molar-refractivity contribution in [3.8, 4) is 0 Å². The SMILES string of the molecule is O=S1(=O)CCC(S(=O)(=O)NCCOCCBr)CC1. The first-order chi connectivity index (χ1) is 8.37. The summed E-state index contributed by atoms with van der Waals surface area (Å²) in [6.45, 7) is 1.07. The zero-order valence-corrected chi connectivity index (χ0v) is 13.2. The van der Waals surface area contributed by atoms with E-state index in [2.05, 4.69) is 20.7 Å². The van der Waals surface area contributed by atoms with Crippen molar-refractivity contribution < 1.29 is 21.6 Å². The molecule has 1 aliphatic rings. The second-order valence-electron chi connectivity index (χ2n) is 4.09. The summed E-state index contributed by atoms with van der Waals surface area (Å²) < 4.78 is 53.7. The summed E-state index contributed by atoms with van der Waals surface area (Å²) >= 11 is 3.19. The molecule has 0 aromatic heterocycles. The maximum Gasteiger partial charge on any atom is 0.214 e. The summed E-state index contributed by atoms with van der Waals surface area (Å²) in [5, 5.41) is 0.109. The quantitative estimate of drug-likeness (QED) is 0.503. The smallest absolute Gasteiger partial charge is 0.214 e. The Bertz CT molecular complexity index is 434. The van der Waals surface area contributed by atoms with Crippen LogP contribution in [0, 0.1) is 0 Å². The molecule has 0 saturated carbocycles. The van der Waals surface area contributed by atoms with Crippen molar-refractivity contribution in [3.63, 3.8) is 0 Å². The highest BCUT2D eigenvalue weighted by molar-refractivity contribution is 9.09. The molecule has 0 spiro atoms. The highest BCUT2D eigenvalue weighted by Gasteiger charge is 2.32. The van der Waals surface area contributed by atoms with Gasteiger partial charge in [0.1, 0.15) is 9.84 Å². The minimum absolute atomic E-state index is 0.0430. The normalized spacial score (nSPS) is 20.9. The maximum atomic E-state index is 11.9. The van der Waals surface area contributed by atoms with Crippen molar-refractivity contribution in [2.45, 2.75) is 18.1 Å². The average Bonchev–Trinajstić information content (AvgIpc) is 2.28. The molecule has 1 rings (SSSR count). The Hall–Kier alpha value is 0.300. The molecule has 1 fully saturated rings. The molecule has 0 aliphatic carbocycles. The van der Waals surface area contributed by atoms with Gasteiger partial charge in [-0.05, 0) is 12.8 Å². The zero-order chi connectivity index (χ0) is 13.6. The van der Waals surface area contributed by atoms with E-state index in [4.69, 9.17) is 4.74 Å². The standard InChI is InChI=1S/C9H18BrNO5S2/c10-3-5-16-6-4-11-18(14,15)9-1-7-17(12,13)8-2-9/h9,11H,1-8H2. The summed E-state index contributed by atoms with van der Waals surface area (Å²) in [4.78, 5) is 0. The van der Waals surface area contributed by atoms with Crippen molar-refractivity contribution in [3.05, 3.63) is 0 Å². The fourth-order valence-electron chi connectivity index (χ4n) is 1.71. The molecule has 0 radical (unpaired) electrons. The van der Waals surface area contributed by atoms with Crippen LogP contribution in [0.5, 0.6) is 0 Å². The van der Waals surface area contributed by atoms with Gasteiger partial charge in [-0.3, -0.25) is 0 Å². The maximum absolute atomic E-state index is 11.9. The Kier molecular flexibility index (Phi) is 6.52. The molecule has 1 aliphatic heterocycles. The van der Waals surface area contributed by atoms with Crippen molar-refractivity contribution in [2.24, 2.45) is 0 Å². The third-order valence-electron chi connectivity index (χ3n) is 2.71. The zero-order valence-electron chi connectivity index (χ0n) is 9.97. The van der Waals surface area contributed by atoms with E-state index in [1.54, 1.807) is 0 Å². The molecule has 1 saturated heterocycles. The number of alkyl halides is 1. The van der Waals surface area contributed by atoms with Gasteiger partial charge in [-0.25, -0.2) is 21.6 Å². The van der Waals surface area contributed by atoms with Crippen LogP contribution in [0.25, 0.3) is 0 Å². The lowest BCUT2D eigenvalue weighted by Crippen LogP contribution is -2.40. The Morgan fingerprint density at radius 3 is 2.39 bits per heavy atom. The first kappa shape index (κ1) is 16.4. The predicted octanol–water partition coefficient (Wildman–Crippen LogP) is -0.105. The Morgan fingerprint density at radius 2 is 1.83 bits per heavy atom. The number of nitrogens with one attached hydrogen (secondary N) is 1. The van der Waals surface area contributed by atoms with Crippen LogP contribution in [0.4, 0.5) is 0 Å². The third kappa shape index (κ3) is 5.52. The number of sulfonamides is 1. The molecule has 18 heavy (non-hydrogen) atoms. The molecular formula is C9H18BrNO5S2. The van der Waals surface area contributed by atoms with E-state index in [1.807, 2.05) is 0 Å². The largest absolute Gasteiger partial charge is 0.379 e. The third-order valence-corrected chi connectivity index (χ3v) is 6.71. The lowest BCUT2D eigenvalue weighted by Gasteiger charge is -2.22. The van der Waals surface area contributed by atoms with Crippen molar-refractivity contribution in [1.29, 1.82) is 0 Å². The van der Waals surface area contributed by atoms with Crippen molar-refractivity contribution in [2.75, 3.05) is 36.6 Å². The molecule has 1 heterocycles. The van der Waals surface area contributed by atoms with Gasteiger partial charge >= 0.3 is 0 Å². The van der Waals surface area contributed by atoms with Crippen LogP contribution >= 0.6 is 15.9 Å². The lowest BCUT2D eigenvalue weighted by molar-refractivity contribution is 0.156. The van der Waals surface area contributed by atoms with Crippen molar-refractivity contribution in [1.82, 2.24) is 4.72 Å². The van der Waals surface area contributed by atoms with Gasteiger partial charge in [-0.15, -0.1) is 0 Å². The topological polar surface area (TPSA) is 89.5 Å². The van der Waals surface area contributed by atoms with Crippen LogP contribution in [-0.4, -0.2) is 58.7 Å². The van der Waals surface area contributed by atoms with E-state index in [1.165, 1.54) is 0 Å². The molecule has 108 valence electrons. The molecule has 9 heteroatoms. The Morgan fingerprint density at radius 1 is 1.22 bits per heavy atom. The van der Waals surface area contributed by atoms with Gasteiger partial charge in [0.2, 0.25) is 10.0 Å². The van der Waals surface area contributed by atoms with Gasteiger partial charge in [-0.2, -0.15) is 0 Å². The molecular weight excluding hydrogens is 346 g/mol. The highest BCUT2D eigenvalue weighted by Crippen LogP contribution is 2.18. The fourth-order valence-corrected chi connectivity index (χ4v) is 5.19. The first-order valence-electron chi connectivity index (χ1n) is 5.70. The van der Waals surface area contributed by atoms with Crippen LogP contribution < -0.4 is 4.72 Å². The van der Waals surface area contributed by atoms with Gasteiger partial charge in [0, 0.05) is 11.9 Å². The summed E-state index contributed by atoms with van der Waals surface area (Å²) in [5.41, 5.74) is 0. The molecule has 6 nitrogen and oxygen atoms in total. The van der Waals surface area contributed by atoms with Crippen molar-refractivity contribution >= 4 is 35.8 Å². The van der Waals surface area contributed by atoms with Gasteiger partial charge in [0.25, 0.3) is 0 Å². The van der Waals surface area contributed by atoms with E-state index >= 15 is 0 Å². The minimum atomic E-state index is -3.43. The number of sulfone groups is 1. The van der Waals surface area contributed by atoms with Crippen LogP contribution in [0.3, 0.4) is 0 Å². The predicted molar refractivity (Wildman–Crippen MR) is 73.2 cm³/mol. The summed E-state index contributed by atoms with van der Waals surface area (Å²) in [7, 11) is -6.46.